The molecule has 19 nitrogen and oxygen atoms in total. The number of para-hydroxylation sites is 1. The maximum absolute atomic E-state index is 8.65. The van der Waals surface area contributed by atoms with Crippen LogP contribution < -0.4 is 4.48 Å². The molecule has 552 valence electrons. The normalized spacial score (nSPS) is 15.6. The van der Waals surface area contributed by atoms with E-state index in [0.717, 1.165) is 70.1 Å². The van der Waals surface area contributed by atoms with E-state index in [4.69, 9.17) is 15.3 Å². The van der Waals surface area contributed by atoms with Crippen molar-refractivity contribution < 1.29 is 89.5 Å². The molecule has 0 heterocycles. The van der Waals surface area contributed by atoms with Gasteiger partial charge in [0.15, 0.2) is 0 Å². The molecule has 2 atom stereocenters. The first-order valence-corrected chi connectivity index (χ1v) is 33.3. The minimum absolute atomic E-state index is 0. The summed E-state index contributed by atoms with van der Waals surface area (Å²) < 4.78 is 9.38. The number of hydrogen-bond donors (Lipinski definition) is 3. The molecule has 3 fully saturated rings. The van der Waals surface area contributed by atoms with Crippen LogP contribution in [-0.4, -0.2) is 346 Å². The number of quaternary nitrogens is 9. The van der Waals surface area contributed by atoms with Crippen molar-refractivity contribution in [2.45, 2.75) is 214 Å². The average molecular weight is 1300 g/mol. The zero-order valence-corrected chi connectivity index (χ0v) is 65.9. The molecule has 0 radical (unpaired) electrons. The molecule has 3 saturated carbocycles. The van der Waals surface area contributed by atoms with Crippen LogP contribution >= 0.6 is 0 Å². The van der Waals surface area contributed by atoms with Crippen LogP contribution in [0.5, 0.6) is 0 Å². The maximum atomic E-state index is 8.65. The van der Waals surface area contributed by atoms with Gasteiger partial charge in [0.1, 0.15) is 18.3 Å². The number of aliphatic hydroxyl groups excluding tert-OH is 3. The molecule has 89 heavy (non-hydrogen) atoms. The molecule has 0 spiro atoms. The maximum Gasteiger partial charge on any atom is 0.132 e. The molecule has 0 saturated heterocycles. The lowest BCUT2D eigenvalue weighted by Gasteiger charge is -2.47. The van der Waals surface area contributed by atoms with Gasteiger partial charge in [0.2, 0.25) is 0 Å². The molecule has 0 amide bonds. The number of benzene rings is 1. The molecule has 19 heteroatoms. The minimum Gasteiger partial charge on any atom is -0.870 e. The highest BCUT2D eigenvalue weighted by molar-refractivity contribution is 5.40. The van der Waals surface area contributed by atoms with E-state index < -0.39 is 0 Å². The van der Waals surface area contributed by atoms with Gasteiger partial charge >= 0.3 is 0 Å². The largest absolute Gasteiger partial charge is 0.870 e. The second-order valence-electron chi connectivity index (χ2n) is 32.4. The van der Waals surface area contributed by atoms with E-state index >= 15 is 0 Å². The van der Waals surface area contributed by atoms with E-state index in [1.807, 2.05) is 13.0 Å². The molecule has 1 aromatic rings. The van der Waals surface area contributed by atoms with Crippen molar-refractivity contribution in [2.24, 2.45) is 0 Å². The second-order valence-corrected chi connectivity index (χ2v) is 32.4. The quantitative estimate of drug-likeness (QED) is 0.124. The lowest BCUT2D eigenvalue weighted by Crippen LogP contribution is -2.56. The highest BCUT2D eigenvalue weighted by atomic mass is 16.3. The molecule has 1 aromatic carbocycles. The van der Waals surface area contributed by atoms with Gasteiger partial charge in [-0.2, -0.15) is 0 Å². The van der Waals surface area contributed by atoms with Crippen molar-refractivity contribution in [2.75, 3.05) is 215 Å². The molecule has 3 aliphatic carbocycles. The lowest BCUT2D eigenvalue weighted by molar-refractivity contribution is -0.941. The molecular formula is C70H169N9O10+2. The van der Waals surface area contributed by atoms with Crippen molar-refractivity contribution in [1.29, 1.82) is 0 Å². The summed E-state index contributed by atoms with van der Waals surface area (Å²) >= 11 is 0. The van der Waals surface area contributed by atoms with Crippen LogP contribution in [0.15, 0.2) is 30.3 Å². The Bertz CT molecular complexity index is 1530. The molecule has 2 unspecified atom stereocenters. The molecular weight excluding hydrogens is 1130 g/mol. The van der Waals surface area contributed by atoms with Crippen molar-refractivity contribution >= 4 is 5.69 Å². The van der Waals surface area contributed by atoms with Crippen LogP contribution in [-0.2, 0) is 0 Å². The van der Waals surface area contributed by atoms with E-state index in [1.165, 1.54) is 142 Å². The van der Waals surface area contributed by atoms with Crippen molar-refractivity contribution in [3.63, 3.8) is 0 Å². The van der Waals surface area contributed by atoms with E-state index in [9.17, 15) is 0 Å². The van der Waals surface area contributed by atoms with Gasteiger partial charge in [0.25, 0.3) is 0 Å². The van der Waals surface area contributed by atoms with Crippen molar-refractivity contribution in [3.8, 4) is 0 Å². The Hall–Kier alpha value is -1.54. The fourth-order valence-electron chi connectivity index (χ4n) is 9.58. The van der Waals surface area contributed by atoms with Crippen molar-refractivity contribution in [3.05, 3.63) is 30.3 Å². The van der Waals surface area contributed by atoms with E-state index in [1.54, 1.807) is 0 Å². The highest BCUT2D eigenvalue weighted by Gasteiger charge is 2.37. The summed E-state index contributed by atoms with van der Waals surface area (Å²) in [5.74, 6) is 0. The van der Waals surface area contributed by atoms with Gasteiger partial charge in [-0.3, -0.25) is 4.48 Å². The number of hydrogen-bond acceptors (Lipinski definition) is 10. The summed E-state index contributed by atoms with van der Waals surface area (Å²) in [5, 5.41) is 25.6. The number of likely N-dealkylation sites (N-methyl/N-ethyl adjacent to an activating group) is 2. The Morgan fingerprint density at radius 2 is 0.674 bits per heavy atom. The SMILES string of the molecule is CC(C)[N+](C)(C)C(C)C.CC(CCO)[N+](C)(C)C.CC(CO)[N+](C)(C)C.CC[N+](CC)(CC)CC.C[N+](C)(C)C.C[N+](C)(C)C1CCCCC1.C[N+](C)(C)CCO.C[N+](C)(C)c1ccccc1.C[N+](C)(C1CCCCC1)C1CCCCC1.[OH-].[OH-].[OH-].[OH-].[OH-].[OH-].[OH-]. The third-order valence-electron chi connectivity index (χ3n) is 18.8. The monoisotopic (exact) mass is 1300 g/mol. The first-order chi connectivity index (χ1) is 37.1. The molecule has 0 bridgehead atoms. The first kappa shape index (κ1) is 115. The summed E-state index contributed by atoms with van der Waals surface area (Å²) in [4.78, 5) is 0. The van der Waals surface area contributed by atoms with Crippen LogP contribution in [0.3, 0.4) is 0 Å². The molecule has 0 aliphatic heterocycles. The highest BCUT2D eigenvalue weighted by Crippen LogP contribution is 2.33. The lowest BCUT2D eigenvalue weighted by atomic mass is 9.87. The summed E-state index contributed by atoms with van der Waals surface area (Å²) in [6.07, 6.45) is 23.0. The predicted molar refractivity (Wildman–Crippen MR) is 383 cm³/mol. The molecule has 3 aliphatic rings. The van der Waals surface area contributed by atoms with Gasteiger partial charge < -0.3 is 89.5 Å². The van der Waals surface area contributed by atoms with E-state index in [2.05, 4.69) is 249 Å². The van der Waals surface area contributed by atoms with Crippen LogP contribution in [0.4, 0.5) is 5.69 Å². The molecule has 10 N–H and O–H groups in total. The zero-order valence-electron chi connectivity index (χ0n) is 65.9. The zero-order chi connectivity index (χ0) is 65.6. The fraction of sp³-hybridized carbons (Fsp3) is 0.914. The van der Waals surface area contributed by atoms with Gasteiger partial charge in [-0.05, 0) is 158 Å². The summed E-state index contributed by atoms with van der Waals surface area (Å²) in [6.45, 7) is 29.1. The number of rotatable bonds is 17. The third-order valence-corrected chi connectivity index (χ3v) is 18.8. The standard InChI is InChI=1S/C14H28N.C9H20N.C9H14N.2C8H20N.C7H18NO.C6H16NO.C5H14NO.C4H12N.7H2O/c1-15(2,13-9-5-3-6-10-13)14-11-7-4-8-12-14;2*1-10(2,3)9-7-5-4-6-8-9;1-7(2)9(5,6)8(3)4;1-5-9(6-2,7-3)8-4;1-7(5-6-9)8(2,3)4;1-6(5-8)7(2,3)4;1-6(2,3)4-5-7;1-5(2,3)4;;;;;;;/h13-14H,3-12H2,1-2H3;9H,4-8H2,1-3H3;4-8H,1-3H3;7-8H,1-6H3;5-8H2,1-4H3;7,9H,5-6H2,1-4H3;6,8H,5H2,1-4H3;7H,4-5H2,1-3H3;1-4H3;7*1H2/q9*+1;;;;;;;/p-7. The Morgan fingerprint density at radius 1 is 0.393 bits per heavy atom. The fourth-order valence-corrected chi connectivity index (χ4v) is 9.58. The summed E-state index contributed by atoms with van der Waals surface area (Å²) in [5.41, 5.74) is 1.34. The molecule has 4 rings (SSSR count). The van der Waals surface area contributed by atoms with Crippen molar-refractivity contribution in [1.82, 2.24) is 4.48 Å². The second kappa shape index (κ2) is 56.8. The predicted octanol–water partition coefficient (Wildman–Crippen LogP) is 10.7. The Kier molecular flexibility index (Phi) is 73.2. The van der Waals surface area contributed by atoms with Gasteiger partial charge in [-0.1, -0.05) is 37.5 Å². The molecule has 0 aromatic heterocycles. The number of nitrogens with zero attached hydrogens (tertiary/aromatic N) is 9. The average Bonchev–Trinajstić information content (AvgIpc) is 3.37. The Balaban J connectivity index is -0.0000000752. The third kappa shape index (κ3) is 62.3. The van der Waals surface area contributed by atoms with Gasteiger partial charge in [-0.25, -0.2) is 0 Å². The van der Waals surface area contributed by atoms with Crippen LogP contribution in [0.2, 0.25) is 0 Å². The number of aliphatic hydroxyl groups is 3. The Labute approximate surface area is 556 Å². The topological polar surface area (TPSA) is 271 Å². The first-order valence-electron chi connectivity index (χ1n) is 33.3. The van der Waals surface area contributed by atoms with Crippen LogP contribution in [0.25, 0.3) is 0 Å². The minimum atomic E-state index is 0. The smallest absolute Gasteiger partial charge is 0.132 e. The Morgan fingerprint density at radius 3 is 0.787 bits per heavy atom. The summed E-state index contributed by atoms with van der Waals surface area (Å²) in [7, 11) is 50.3. The van der Waals surface area contributed by atoms with Gasteiger partial charge in [-0.15, -0.1) is 0 Å². The van der Waals surface area contributed by atoms with Crippen LogP contribution in [0, 0.1) is 0 Å². The van der Waals surface area contributed by atoms with Gasteiger partial charge in [0, 0.05) is 13.0 Å². The van der Waals surface area contributed by atoms with E-state index in [0.29, 0.717) is 18.7 Å². The van der Waals surface area contributed by atoms with E-state index in [-0.39, 0.29) is 51.5 Å². The summed E-state index contributed by atoms with van der Waals surface area (Å²) in [6, 6.07) is 15.7. The van der Waals surface area contributed by atoms with Gasteiger partial charge in [0.05, 0.1) is 238 Å². The van der Waals surface area contributed by atoms with Crippen LogP contribution in [0.1, 0.15) is 172 Å².